The summed E-state index contributed by atoms with van der Waals surface area (Å²) in [5.74, 6) is -0.310. The number of nitrogens with one attached hydrogen (secondary N) is 2. The summed E-state index contributed by atoms with van der Waals surface area (Å²) in [6, 6.07) is 5.09. The molecule has 0 unspecified atom stereocenters. The topological polar surface area (TPSA) is 76.0 Å². The van der Waals surface area contributed by atoms with Crippen molar-refractivity contribution in [2.45, 2.75) is 39.7 Å². The molecule has 1 aliphatic heterocycles. The Morgan fingerprint density at radius 1 is 1.33 bits per heavy atom. The first-order valence-corrected chi connectivity index (χ1v) is 8.07. The summed E-state index contributed by atoms with van der Waals surface area (Å²) in [5.41, 5.74) is 5.76. The molecule has 6 heteroatoms. The first-order valence-electron chi connectivity index (χ1n) is 8.07. The van der Waals surface area contributed by atoms with E-state index >= 15 is 0 Å². The van der Waals surface area contributed by atoms with Crippen molar-refractivity contribution in [3.05, 3.63) is 46.3 Å². The fraction of sp³-hybridized carbons (Fsp3) is 0.389. The fourth-order valence-corrected chi connectivity index (χ4v) is 3.30. The maximum Gasteiger partial charge on any atom is 0.251 e. The molecule has 0 fully saturated rings. The molecule has 2 heterocycles. The lowest BCUT2D eigenvalue weighted by molar-refractivity contribution is -0.126. The summed E-state index contributed by atoms with van der Waals surface area (Å²) < 4.78 is 1.83. The predicted octanol–water partition coefficient (Wildman–Crippen LogP) is 2.09. The molecule has 2 amide bonds. The van der Waals surface area contributed by atoms with E-state index in [1.807, 2.05) is 50.7 Å². The largest absolute Gasteiger partial charge is 0.340 e. The average Bonchev–Trinajstić information content (AvgIpc) is 2.96. The summed E-state index contributed by atoms with van der Waals surface area (Å²) in [5, 5.41) is 10.1. The van der Waals surface area contributed by atoms with Crippen molar-refractivity contribution in [3.63, 3.8) is 0 Å². The molecule has 1 atom stereocenters. The fourth-order valence-electron chi connectivity index (χ4n) is 3.30. The number of carbonyl (C=O) groups excluding carboxylic acids is 2. The van der Waals surface area contributed by atoms with Crippen molar-refractivity contribution in [1.29, 1.82) is 0 Å². The van der Waals surface area contributed by atoms with E-state index in [9.17, 15) is 9.59 Å². The number of benzene rings is 1. The Bertz CT molecular complexity index is 823. The minimum Gasteiger partial charge on any atom is -0.340 e. The number of fused-ring (bicyclic) bond motifs is 1. The molecule has 2 aromatic rings. The van der Waals surface area contributed by atoms with Gasteiger partial charge in [0.25, 0.3) is 5.91 Å². The van der Waals surface area contributed by atoms with Crippen LogP contribution in [-0.4, -0.2) is 21.6 Å². The molecule has 1 aromatic carbocycles. The van der Waals surface area contributed by atoms with E-state index in [-0.39, 0.29) is 11.8 Å². The molecular weight excluding hydrogens is 304 g/mol. The molecular formula is C18H22N4O2. The third-order valence-electron chi connectivity index (χ3n) is 4.70. The van der Waals surface area contributed by atoms with Crippen LogP contribution in [0.3, 0.4) is 0 Å². The Morgan fingerprint density at radius 3 is 2.75 bits per heavy atom. The van der Waals surface area contributed by atoms with Crippen LogP contribution in [0.1, 0.15) is 40.5 Å². The lowest BCUT2D eigenvalue weighted by Gasteiger charge is -2.13. The number of aryl methyl sites for hydroxylation is 3. The van der Waals surface area contributed by atoms with Crippen LogP contribution in [0, 0.1) is 20.8 Å². The molecule has 1 aliphatic rings. The van der Waals surface area contributed by atoms with Gasteiger partial charge in [-0.1, -0.05) is 12.1 Å². The van der Waals surface area contributed by atoms with Crippen LogP contribution >= 0.6 is 0 Å². The number of aromatic nitrogens is 2. The van der Waals surface area contributed by atoms with Gasteiger partial charge in [-0.15, -0.1) is 0 Å². The minimum absolute atomic E-state index is 0.131. The Balaban J connectivity index is 1.69. The summed E-state index contributed by atoms with van der Waals surface area (Å²) in [4.78, 5) is 24.5. The number of carbonyl (C=O) groups is 2. The van der Waals surface area contributed by atoms with Crippen molar-refractivity contribution < 1.29 is 9.59 Å². The summed E-state index contributed by atoms with van der Waals surface area (Å²) in [6.45, 7) is 5.89. The maximum absolute atomic E-state index is 12.4. The van der Waals surface area contributed by atoms with Crippen LogP contribution in [0.2, 0.25) is 0 Å². The molecule has 126 valence electrons. The van der Waals surface area contributed by atoms with Crippen LogP contribution in [0.15, 0.2) is 18.2 Å². The van der Waals surface area contributed by atoms with Crippen LogP contribution in [0.4, 0.5) is 5.69 Å². The number of nitrogens with zero attached hydrogens (tertiary/aromatic N) is 2. The SMILES string of the molecule is Cc1cccc2c1[C@H](NC(=O)CCc1c(C)nn(C)c1C)C(=O)N2. The quantitative estimate of drug-likeness (QED) is 0.903. The number of anilines is 1. The smallest absolute Gasteiger partial charge is 0.251 e. The lowest BCUT2D eigenvalue weighted by Crippen LogP contribution is -2.33. The highest BCUT2D eigenvalue weighted by Crippen LogP contribution is 2.33. The van der Waals surface area contributed by atoms with Gasteiger partial charge in [-0.25, -0.2) is 0 Å². The zero-order valence-electron chi connectivity index (χ0n) is 14.4. The van der Waals surface area contributed by atoms with Gasteiger partial charge < -0.3 is 10.6 Å². The van der Waals surface area contributed by atoms with Crippen molar-refractivity contribution in [1.82, 2.24) is 15.1 Å². The van der Waals surface area contributed by atoms with Gasteiger partial charge in [-0.05, 0) is 44.4 Å². The molecule has 6 nitrogen and oxygen atoms in total. The Morgan fingerprint density at radius 2 is 2.08 bits per heavy atom. The Hall–Kier alpha value is -2.63. The second-order valence-electron chi connectivity index (χ2n) is 6.30. The Labute approximate surface area is 141 Å². The third-order valence-corrected chi connectivity index (χ3v) is 4.70. The molecule has 24 heavy (non-hydrogen) atoms. The Kier molecular flexibility index (Phi) is 4.13. The second-order valence-corrected chi connectivity index (χ2v) is 6.30. The second kappa shape index (κ2) is 6.11. The molecule has 0 saturated carbocycles. The van der Waals surface area contributed by atoms with E-state index in [0.29, 0.717) is 12.8 Å². The zero-order valence-corrected chi connectivity index (χ0v) is 14.4. The van der Waals surface area contributed by atoms with Gasteiger partial charge in [0.15, 0.2) is 0 Å². The lowest BCUT2D eigenvalue weighted by atomic mass is 10.0. The minimum atomic E-state index is -0.607. The van der Waals surface area contributed by atoms with Crippen LogP contribution in [0.5, 0.6) is 0 Å². The predicted molar refractivity (Wildman–Crippen MR) is 91.7 cm³/mol. The highest BCUT2D eigenvalue weighted by Gasteiger charge is 2.32. The van der Waals surface area contributed by atoms with E-state index in [0.717, 1.165) is 33.8 Å². The summed E-state index contributed by atoms with van der Waals surface area (Å²) >= 11 is 0. The van der Waals surface area contributed by atoms with Gasteiger partial charge >= 0.3 is 0 Å². The summed E-state index contributed by atoms with van der Waals surface area (Å²) in [6.07, 6.45) is 0.949. The molecule has 0 aliphatic carbocycles. The van der Waals surface area contributed by atoms with Crippen molar-refractivity contribution in [2.75, 3.05) is 5.32 Å². The first-order chi connectivity index (χ1) is 11.4. The first kappa shape index (κ1) is 16.2. The standard InChI is InChI=1S/C18H22N4O2/c1-10-6-5-7-14-16(10)17(18(24)19-14)20-15(23)9-8-13-11(2)21-22(4)12(13)3/h5-7,17H,8-9H2,1-4H3,(H,19,24)(H,20,23)/t17-/m0/s1. The molecule has 0 saturated heterocycles. The van der Waals surface area contributed by atoms with E-state index in [1.54, 1.807) is 0 Å². The average molecular weight is 326 g/mol. The molecule has 0 radical (unpaired) electrons. The highest BCUT2D eigenvalue weighted by atomic mass is 16.2. The van der Waals surface area contributed by atoms with Gasteiger partial charge in [0.2, 0.25) is 5.91 Å². The summed E-state index contributed by atoms with van der Waals surface area (Å²) in [7, 11) is 1.90. The van der Waals surface area contributed by atoms with Gasteiger partial charge in [0.05, 0.1) is 5.69 Å². The monoisotopic (exact) mass is 326 g/mol. The van der Waals surface area contributed by atoms with Crippen molar-refractivity contribution in [2.24, 2.45) is 7.05 Å². The van der Waals surface area contributed by atoms with Crippen LogP contribution in [0.25, 0.3) is 0 Å². The van der Waals surface area contributed by atoms with Gasteiger partial charge in [-0.2, -0.15) is 5.10 Å². The molecule has 1 aromatic heterocycles. The van der Waals surface area contributed by atoms with E-state index in [4.69, 9.17) is 0 Å². The van der Waals surface area contributed by atoms with Gasteiger partial charge in [-0.3, -0.25) is 14.3 Å². The third kappa shape index (κ3) is 2.79. The van der Waals surface area contributed by atoms with E-state index in [2.05, 4.69) is 15.7 Å². The number of rotatable bonds is 4. The van der Waals surface area contributed by atoms with E-state index < -0.39 is 6.04 Å². The maximum atomic E-state index is 12.4. The number of hydrogen-bond donors (Lipinski definition) is 2. The molecule has 0 bridgehead atoms. The van der Waals surface area contributed by atoms with E-state index in [1.165, 1.54) is 0 Å². The zero-order chi connectivity index (χ0) is 17.4. The highest BCUT2D eigenvalue weighted by molar-refractivity contribution is 6.04. The molecule has 0 spiro atoms. The molecule has 2 N–H and O–H groups in total. The van der Waals surface area contributed by atoms with Crippen LogP contribution in [-0.2, 0) is 23.1 Å². The van der Waals surface area contributed by atoms with Crippen molar-refractivity contribution >= 4 is 17.5 Å². The van der Waals surface area contributed by atoms with Crippen molar-refractivity contribution in [3.8, 4) is 0 Å². The van der Waals surface area contributed by atoms with Gasteiger partial charge in [0.1, 0.15) is 6.04 Å². The molecule has 3 rings (SSSR count). The normalized spacial score (nSPS) is 16.0. The van der Waals surface area contributed by atoms with Crippen LogP contribution < -0.4 is 10.6 Å². The van der Waals surface area contributed by atoms with Gasteiger partial charge in [0, 0.05) is 30.4 Å². The number of hydrogen-bond acceptors (Lipinski definition) is 3. The number of amides is 2.